The molecule has 1 aromatic rings. The van der Waals surface area contributed by atoms with Crippen molar-refractivity contribution in [1.29, 1.82) is 0 Å². The first-order valence-corrected chi connectivity index (χ1v) is 7.19. The molecule has 4 N–H and O–H groups in total. The summed E-state index contributed by atoms with van der Waals surface area (Å²) in [7, 11) is -3.66. The second-order valence-corrected chi connectivity index (χ2v) is 5.79. The maximum Gasteiger partial charge on any atom is 0.238 e. The summed E-state index contributed by atoms with van der Waals surface area (Å²) in [6.45, 7) is 3.81. The predicted octanol–water partition coefficient (Wildman–Crippen LogP) is 0.469. The van der Waals surface area contributed by atoms with Gasteiger partial charge in [-0.3, -0.25) is 5.43 Å². The zero-order chi connectivity index (χ0) is 14.0. The summed E-state index contributed by atoms with van der Waals surface area (Å²) in [6.07, 6.45) is 0. The summed E-state index contributed by atoms with van der Waals surface area (Å²) < 4.78 is 22.2. The largest absolute Gasteiger partial charge is 0.301 e. The van der Waals surface area contributed by atoms with Crippen molar-refractivity contribution >= 4 is 27.1 Å². The minimum atomic E-state index is -3.66. The van der Waals surface area contributed by atoms with Crippen LogP contribution in [0.5, 0.6) is 0 Å². The van der Waals surface area contributed by atoms with Gasteiger partial charge in [-0.2, -0.15) is 10.2 Å². The molecule has 0 aromatic heterocycles. The standard InChI is InChI=1S/C11H15N5O2S/c1-7-11(8(2)14-13-7)16-15-9-3-5-10(6-4-9)19(12,17)18/h3-7,13,15H,1-2H3,(H2,12,17,18). The lowest BCUT2D eigenvalue weighted by Crippen LogP contribution is -2.26. The van der Waals surface area contributed by atoms with Gasteiger partial charge in [-0.05, 0) is 38.1 Å². The van der Waals surface area contributed by atoms with Gasteiger partial charge in [-0.1, -0.05) is 0 Å². The van der Waals surface area contributed by atoms with Crippen LogP contribution in [-0.4, -0.2) is 25.9 Å². The molecule has 1 aliphatic heterocycles. The fourth-order valence-electron chi connectivity index (χ4n) is 1.65. The number of nitrogens with two attached hydrogens (primary N) is 1. The molecule has 1 aromatic carbocycles. The van der Waals surface area contributed by atoms with Crippen LogP contribution in [0.3, 0.4) is 0 Å². The number of sulfonamides is 1. The molecule has 8 heteroatoms. The first kappa shape index (κ1) is 13.5. The van der Waals surface area contributed by atoms with Crippen molar-refractivity contribution in [3.63, 3.8) is 0 Å². The van der Waals surface area contributed by atoms with Gasteiger partial charge in [-0.25, -0.2) is 13.6 Å². The minimum Gasteiger partial charge on any atom is -0.301 e. The number of benzene rings is 1. The van der Waals surface area contributed by atoms with E-state index in [9.17, 15) is 8.42 Å². The molecule has 2 rings (SSSR count). The average molecular weight is 281 g/mol. The van der Waals surface area contributed by atoms with Crippen LogP contribution in [0, 0.1) is 0 Å². The molecule has 0 saturated heterocycles. The molecule has 102 valence electrons. The van der Waals surface area contributed by atoms with E-state index < -0.39 is 10.0 Å². The van der Waals surface area contributed by atoms with Crippen LogP contribution in [0.4, 0.5) is 5.69 Å². The van der Waals surface area contributed by atoms with Crippen LogP contribution >= 0.6 is 0 Å². The van der Waals surface area contributed by atoms with E-state index in [-0.39, 0.29) is 10.9 Å². The summed E-state index contributed by atoms with van der Waals surface area (Å²) in [6, 6.07) is 6.10. The van der Waals surface area contributed by atoms with Gasteiger partial charge in [0.05, 0.1) is 22.3 Å². The number of primary sulfonamides is 1. The molecule has 0 saturated carbocycles. The number of hydrogen-bond donors (Lipinski definition) is 3. The van der Waals surface area contributed by atoms with Crippen LogP contribution in [0.2, 0.25) is 0 Å². The molecule has 0 bridgehead atoms. The first-order valence-electron chi connectivity index (χ1n) is 5.64. The smallest absolute Gasteiger partial charge is 0.238 e. The van der Waals surface area contributed by atoms with Crippen LogP contribution in [0.1, 0.15) is 13.8 Å². The Morgan fingerprint density at radius 2 is 2.00 bits per heavy atom. The van der Waals surface area contributed by atoms with E-state index in [0.717, 1.165) is 11.4 Å². The summed E-state index contributed by atoms with van der Waals surface area (Å²) in [5, 5.41) is 13.3. The Labute approximate surface area is 111 Å². The number of nitrogens with zero attached hydrogens (tertiary/aromatic N) is 2. The fourth-order valence-corrected chi connectivity index (χ4v) is 2.16. The molecule has 0 spiro atoms. The van der Waals surface area contributed by atoms with E-state index >= 15 is 0 Å². The zero-order valence-corrected chi connectivity index (χ0v) is 11.4. The number of anilines is 1. The van der Waals surface area contributed by atoms with Crippen LogP contribution in [0.25, 0.3) is 0 Å². The SMILES string of the molecule is CC1=NNC(C)C1=NNc1ccc(S(N)(=O)=O)cc1. The zero-order valence-electron chi connectivity index (χ0n) is 10.6. The van der Waals surface area contributed by atoms with Gasteiger partial charge in [-0.15, -0.1) is 0 Å². The number of hydrazone groups is 2. The molecule has 1 aliphatic rings. The highest BCUT2D eigenvalue weighted by molar-refractivity contribution is 7.89. The Morgan fingerprint density at radius 1 is 1.37 bits per heavy atom. The molecule has 7 nitrogen and oxygen atoms in total. The van der Waals surface area contributed by atoms with Crippen LogP contribution < -0.4 is 16.0 Å². The minimum absolute atomic E-state index is 0.0520. The highest BCUT2D eigenvalue weighted by Crippen LogP contribution is 2.13. The third kappa shape index (κ3) is 3.09. The Hall–Kier alpha value is -1.93. The second-order valence-electron chi connectivity index (χ2n) is 4.23. The molecule has 1 heterocycles. The van der Waals surface area contributed by atoms with Gasteiger partial charge < -0.3 is 5.43 Å². The van der Waals surface area contributed by atoms with E-state index in [1.54, 1.807) is 12.1 Å². The maximum atomic E-state index is 11.1. The summed E-state index contributed by atoms with van der Waals surface area (Å²) in [5.74, 6) is 0. The highest BCUT2D eigenvalue weighted by atomic mass is 32.2. The van der Waals surface area contributed by atoms with E-state index in [2.05, 4.69) is 21.1 Å². The Morgan fingerprint density at radius 3 is 2.47 bits per heavy atom. The second kappa shape index (κ2) is 4.98. The van der Waals surface area contributed by atoms with Crippen molar-refractivity contribution in [2.45, 2.75) is 24.8 Å². The predicted molar refractivity (Wildman–Crippen MR) is 74.6 cm³/mol. The van der Waals surface area contributed by atoms with Crippen LogP contribution in [-0.2, 0) is 10.0 Å². The highest BCUT2D eigenvalue weighted by Gasteiger charge is 2.19. The maximum absolute atomic E-state index is 11.1. The molecule has 0 fully saturated rings. The molecule has 1 atom stereocenters. The van der Waals surface area contributed by atoms with E-state index in [0.29, 0.717) is 5.69 Å². The van der Waals surface area contributed by atoms with Gasteiger partial charge >= 0.3 is 0 Å². The third-order valence-electron chi connectivity index (χ3n) is 2.70. The average Bonchev–Trinajstić information content (AvgIpc) is 2.66. The quantitative estimate of drug-likeness (QED) is 0.700. The molecule has 1 unspecified atom stereocenters. The van der Waals surface area contributed by atoms with Crippen molar-refractivity contribution in [3.8, 4) is 0 Å². The number of nitrogens with one attached hydrogen (secondary N) is 2. The third-order valence-corrected chi connectivity index (χ3v) is 3.62. The first-order chi connectivity index (χ1) is 8.88. The number of hydrogen-bond acceptors (Lipinski definition) is 6. The molecule has 0 amide bonds. The molecule has 0 radical (unpaired) electrons. The number of rotatable bonds is 3. The van der Waals surface area contributed by atoms with E-state index in [1.165, 1.54) is 12.1 Å². The molecular formula is C11H15N5O2S. The lowest BCUT2D eigenvalue weighted by molar-refractivity contribution is 0.598. The topological polar surface area (TPSA) is 109 Å². The van der Waals surface area contributed by atoms with E-state index in [1.807, 2.05) is 13.8 Å². The summed E-state index contributed by atoms with van der Waals surface area (Å²) in [4.78, 5) is 0.0688. The Bertz CT molecular complexity index is 634. The molecule has 0 aliphatic carbocycles. The van der Waals surface area contributed by atoms with Gasteiger partial charge in [0.15, 0.2) is 0 Å². The van der Waals surface area contributed by atoms with Crippen molar-refractivity contribution in [2.24, 2.45) is 15.3 Å². The summed E-state index contributed by atoms with van der Waals surface area (Å²) >= 11 is 0. The van der Waals surface area contributed by atoms with Crippen molar-refractivity contribution in [1.82, 2.24) is 5.43 Å². The monoisotopic (exact) mass is 281 g/mol. The molecular weight excluding hydrogens is 266 g/mol. The Kier molecular flexibility index (Phi) is 3.54. The lowest BCUT2D eigenvalue weighted by atomic mass is 10.1. The lowest BCUT2D eigenvalue weighted by Gasteiger charge is -2.06. The normalized spacial score (nSPS) is 21.1. The van der Waals surface area contributed by atoms with Gasteiger partial charge in [0.25, 0.3) is 0 Å². The van der Waals surface area contributed by atoms with Crippen molar-refractivity contribution in [3.05, 3.63) is 24.3 Å². The van der Waals surface area contributed by atoms with E-state index in [4.69, 9.17) is 5.14 Å². The molecule has 19 heavy (non-hydrogen) atoms. The van der Waals surface area contributed by atoms with Gasteiger partial charge in [0, 0.05) is 0 Å². The summed E-state index contributed by atoms with van der Waals surface area (Å²) in [5.41, 5.74) is 8.07. The van der Waals surface area contributed by atoms with Crippen LogP contribution in [0.15, 0.2) is 39.4 Å². The fraction of sp³-hybridized carbons (Fsp3) is 0.273. The van der Waals surface area contributed by atoms with Crippen molar-refractivity contribution in [2.75, 3.05) is 5.43 Å². The van der Waals surface area contributed by atoms with Gasteiger partial charge in [0.2, 0.25) is 10.0 Å². The van der Waals surface area contributed by atoms with Crippen molar-refractivity contribution < 1.29 is 8.42 Å². The van der Waals surface area contributed by atoms with Gasteiger partial charge in [0.1, 0.15) is 5.71 Å². The Balaban J connectivity index is 2.13.